The topological polar surface area (TPSA) is 94.9 Å². The van der Waals surface area contributed by atoms with Crippen molar-refractivity contribution in [2.45, 2.75) is 13.5 Å². The molecule has 0 bridgehead atoms. The molecule has 0 aliphatic heterocycles. The summed E-state index contributed by atoms with van der Waals surface area (Å²) in [5.41, 5.74) is 1.30. The Bertz CT molecular complexity index is 870. The summed E-state index contributed by atoms with van der Waals surface area (Å²) in [6.45, 7) is 2.21. The van der Waals surface area contributed by atoms with Crippen molar-refractivity contribution in [3.63, 3.8) is 0 Å². The molecule has 0 saturated carbocycles. The second-order valence-corrected chi connectivity index (χ2v) is 4.76. The molecule has 1 N–H and O–H groups in total. The van der Waals surface area contributed by atoms with Crippen molar-refractivity contribution in [1.82, 2.24) is 25.2 Å². The van der Waals surface area contributed by atoms with Crippen LogP contribution < -0.4 is 14.9 Å². The Labute approximate surface area is 125 Å². The van der Waals surface area contributed by atoms with Crippen LogP contribution in [0.25, 0.3) is 10.9 Å². The van der Waals surface area contributed by atoms with Gasteiger partial charge in [0.2, 0.25) is 0 Å². The first-order chi connectivity index (χ1) is 10.7. The number of benzene rings is 1. The van der Waals surface area contributed by atoms with Crippen LogP contribution >= 0.6 is 0 Å². The van der Waals surface area contributed by atoms with Crippen molar-refractivity contribution >= 4 is 10.9 Å². The summed E-state index contributed by atoms with van der Waals surface area (Å²) >= 11 is 0. The largest absolute Gasteiger partial charge is 0.496 e. The minimum absolute atomic E-state index is 0.118. The fourth-order valence-electron chi connectivity index (χ4n) is 2.51. The molecule has 0 saturated heterocycles. The minimum atomic E-state index is -0.118. The van der Waals surface area contributed by atoms with Gasteiger partial charge >= 0.3 is 0 Å². The van der Waals surface area contributed by atoms with Gasteiger partial charge in [-0.25, -0.2) is 0 Å². The van der Waals surface area contributed by atoms with Gasteiger partial charge in [-0.3, -0.25) is 4.79 Å². The van der Waals surface area contributed by atoms with Crippen molar-refractivity contribution in [2.75, 3.05) is 14.2 Å². The van der Waals surface area contributed by atoms with Crippen molar-refractivity contribution in [2.24, 2.45) is 0 Å². The molecule has 3 rings (SSSR count). The lowest BCUT2D eigenvalue weighted by molar-refractivity contribution is 0.408. The van der Waals surface area contributed by atoms with E-state index in [9.17, 15) is 4.79 Å². The third-order valence-electron chi connectivity index (χ3n) is 3.51. The highest BCUT2D eigenvalue weighted by atomic mass is 16.5. The van der Waals surface area contributed by atoms with Crippen LogP contribution in [0.5, 0.6) is 11.5 Å². The van der Waals surface area contributed by atoms with Crippen LogP contribution in [0.3, 0.4) is 0 Å². The maximum absolute atomic E-state index is 12.4. The highest BCUT2D eigenvalue weighted by molar-refractivity contribution is 5.90. The van der Waals surface area contributed by atoms with E-state index in [1.54, 1.807) is 25.3 Å². The molecule has 0 aliphatic carbocycles. The molecule has 114 valence electrons. The number of ether oxygens (including phenoxy) is 2. The summed E-state index contributed by atoms with van der Waals surface area (Å²) < 4.78 is 12.6. The molecule has 1 aromatic carbocycles. The van der Waals surface area contributed by atoms with E-state index in [-0.39, 0.29) is 5.43 Å². The Hall–Kier alpha value is -2.90. The predicted octanol–water partition coefficient (Wildman–Crippen LogP) is 0.889. The highest BCUT2D eigenvalue weighted by Gasteiger charge is 2.17. The molecule has 0 atom stereocenters. The average Bonchev–Trinajstić information content (AvgIpc) is 3.03. The third-order valence-corrected chi connectivity index (χ3v) is 3.51. The van der Waals surface area contributed by atoms with Crippen LogP contribution in [-0.2, 0) is 6.54 Å². The Kier molecular flexibility index (Phi) is 3.50. The van der Waals surface area contributed by atoms with Crippen molar-refractivity contribution in [1.29, 1.82) is 0 Å². The Morgan fingerprint density at radius 2 is 1.95 bits per heavy atom. The molecule has 3 aromatic rings. The molecule has 8 heteroatoms. The van der Waals surface area contributed by atoms with Gasteiger partial charge in [-0.1, -0.05) is 5.21 Å². The highest BCUT2D eigenvalue weighted by Crippen LogP contribution is 2.31. The van der Waals surface area contributed by atoms with Crippen LogP contribution in [0, 0.1) is 6.92 Å². The Morgan fingerprint density at radius 1 is 1.23 bits per heavy atom. The van der Waals surface area contributed by atoms with Crippen LogP contribution in [0.15, 0.2) is 23.0 Å². The number of nitrogens with zero attached hydrogens (tertiary/aromatic N) is 4. The van der Waals surface area contributed by atoms with Crippen LogP contribution in [0.2, 0.25) is 0 Å². The van der Waals surface area contributed by atoms with Gasteiger partial charge in [0.15, 0.2) is 11.3 Å². The molecular weight excluding hydrogens is 286 g/mol. The van der Waals surface area contributed by atoms with E-state index in [4.69, 9.17) is 9.47 Å². The third kappa shape index (κ3) is 2.18. The number of nitrogens with one attached hydrogen (secondary N) is 1. The van der Waals surface area contributed by atoms with E-state index in [1.165, 1.54) is 7.11 Å². The zero-order valence-corrected chi connectivity index (χ0v) is 12.5. The van der Waals surface area contributed by atoms with E-state index in [1.807, 2.05) is 11.5 Å². The van der Waals surface area contributed by atoms with Gasteiger partial charge in [0, 0.05) is 11.8 Å². The summed E-state index contributed by atoms with van der Waals surface area (Å²) in [4.78, 5) is 12.4. The maximum Gasteiger partial charge on any atom is 0.194 e. The number of aromatic nitrogens is 5. The second-order valence-electron chi connectivity index (χ2n) is 4.76. The van der Waals surface area contributed by atoms with Crippen LogP contribution in [-0.4, -0.2) is 39.4 Å². The molecule has 0 radical (unpaired) electrons. The Morgan fingerprint density at radius 3 is 2.59 bits per heavy atom. The summed E-state index contributed by atoms with van der Waals surface area (Å²) in [7, 11) is 3.09. The fourth-order valence-corrected chi connectivity index (χ4v) is 2.51. The first kappa shape index (κ1) is 14.1. The first-order valence-corrected chi connectivity index (χ1v) is 6.63. The van der Waals surface area contributed by atoms with E-state index >= 15 is 0 Å². The van der Waals surface area contributed by atoms with Gasteiger partial charge in [0.05, 0.1) is 31.7 Å². The number of aryl methyl sites for hydroxylation is 1. The van der Waals surface area contributed by atoms with Crippen LogP contribution in [0.1, 0.15) is 11.5 Å². The fraction of sp³-hybridized carbons (Fsp3) is 0.286. The second kappa shape index (κ2) is 5.47. The monoisotopic (exact) mass is 301 g/mol. The van der Waals surface area contributed by atoms with E-state index < -0.39 is 0 Å². The standard InChI is InChI=1S/C14H15N5O3/c1-8-6-9(20)13-10(21-2)4-5-11(22-3)14(13)19(8)7-12-15-17-18-16-12/h4-6H,7H2,1-3H3,(H,15,16,17,18). The summed E-state index contributed by atoms with van der Waals surface area (Å²) in [6.07, 6.45) is 0. The maximum atomic E-state index is 12.4. The molecule has 0 aliphatic rings. The lowest BCUT2D eigenvalue weighted by Gasteiger charge is -2.17. The molecule has 22 heavy (non-hydrogen) atoms. The van der Waals surface area contributed by atoms with Gasteiger partial charge in [0.1, 0.15) is 11.5 Å². The number of pyridine rings is 1. The van der Waals surface area contributed by atoms with Gasteiger partial charge in [-0.05, 0) is 19.1 Å². The average molecular weight is 301 g/mol. The minimum Gasteiger partial charge on any atom is -0.496 e. The predicted molar refractivity (Wildman–Crippen MR) is 79.3 cm³/mol. The molecule has 0 fully saturated rings. The number of fused-ring (bicyclic) bond motifs is 1. The van der Waals surface area contributed by atoms with E-state index in [0.717, 1.165) is 5.69 Å². The van der Waals surface area contributed by atoms with E-state index in [0.29, 0.717) is 34.8 Å². The number of hydrogen-bond donors (Lipinski definition) is 1. The lowest BCUT2D eigenvalue weighted by atomic mass is 10.1. The number of rotatable bonds is 4. The first-order valence-electron chi connectivity index (χ1n) is 6.63. The number of methoxy groups -OCH3 is 2. The SMILES string of the molecule is COc1ccc(OC)c2c1c(=O)cc(C)n2Cc1nn[nH]n1. The van der Waals surface area contributed by atoms with Crippen molar-refractivity contribution < 1.29 is 9.47 Å². The molecule has 2 aromatic heterocycles. The van der Waals surface area contributed by atoms with Gasteiger partial charge < -0.3 is 14.0 Å². The van der Waals surface area contributed by atoms with Gasteiger partial charge in [-0.15, -0.1) is 10.2 Å². The summed E-state index contributed by atoms with van der Waals surface area (Å²) in [5, 5.41) is 14.4. The van der Waals surface area contributed by atoms with Crippen LogP contribution in [0.4, 0.5) is 0 Å². The number of H-pyrrole nitrogens is 1. The number of hydrogen-bond acceptors (Lipinski definition) is 6. The molecule has 0 amide bonds. The Balaban J connectivity index is 2.37. The number of tetrazole rings is 1. The van der Waals surface area contributed by atoms with Crippen molar-refractivity contribution in [3.8, 4) is 11.5 Å². The molecule has 8 nitrogen and oxygen atoms in total. The smallest absolute Gasteiger partial charge is 0.194 e. The lowest BCUT2D eigenvalue weighted by Crippen LogP contribution is -2.15. The number of aromatic amines is 1. The normalized spacial score (nSPS) is 10.9. The van der Waals surface area contributed by atoms with E-state index in [2.05, 4.69) is 20.6 Å². The summed E-state index contributed by atoms with van der Waals surface area (Å²) in [5.74, 6) is 1.60. The quantitative estimate of drug-likeness (QED) is 0.769. The molecule has 0 unspecified atom stereocenters. The van der Waals surface area contributed by atoms with Gasteiger partial charge in [-0.2, -0.15) is 5.21 Å². The molecular formula is C14H15N5O3. The molecule has 2 heterocycles. The summed E-state index contributed by atoms with van der Waals surface area (Å²) in [6, 6.07) is 5.05. The van der Waals surface area contributed by atoms with Crippen molar-refractivity contribution in [3.05, 3.63) is 39.9 Å². The zero-order valence-electron chi connectivity index (χ0n) is 12.5. The zero-order chi connectivity index (χ0) is 15.7. The molecule has 0 spiro atoms. The van der Waals surface area contributed by atoms with Gasteiger partial charge in [0.25, 0.3) is 0 Å².